The molecule has 0 aliphatic heterocycles. The van der Waals surface area contributed by atoms with E-state index >= 15 is 0 Å². The molecule has 3 rings (SSSR count). The molecule has 0 aliphatic carbocycles. The largest absolute Gasteiger partial charge is 0.495 e. The zero-order valence-corrected chi connectivity index (χ0v) is 23.9. The van der Waals surface area contributed by atoms with Crippen LogP contribution in [0.4, 0.5) is 5.69 Å². The SMILES string of the molecule is CCCNC(=O)[C@H](Cc1ccccc1)N(Cc1ccccc1Cl)C(=O)CN(c1ccccc1OC)S(C)(=O)=O. The Kier molecular flexibility index (Phi) is 10.8. The van der Waals surface area contributed by atoms with Gasteiger partial charge in [0, 0.05) is 24.5 Å². The Morgan fingerprint density at radius 3 is 2.26 bits per heavy atom. The van der Waals surface area contributed by atoms with Gasteiger partial charge < -0.3 is 15.0 Å². The van der Waals surface area contributed by atoms with Crippen molar-refractivity contribution < 1.29 is 22.7 Å². The van der Waals surface area contributed by atoms with Crippen LogP contribution in [0.15, 0.2) is 78.9 Å². The van der Waals surface area contributed by atoms with E-state index in [9.17, 15) is 18.0 Å². The number of ether oxygens (including phenoxy) is 1. The number of halogens is 1. The van der Waals surface area contributed by atoms with Crippen molar-refractivity contribution in [1.82, 2.24) is 10.2 Å². The fraction of sp³-hybridized carbons (Fsp3) is 0.310. The minimum atomic E-state index is -3.90. The number of carbonyl (C=O) groups is 2. The minimum Gasteiger partial charge on any atom is -0.495 e. The normalized spacial score (nSPS) is 11.9. The van der Waals surface area contributed by atoms with Crippen LogP contribution in [0.3, 0.4) is 0 Å². The molecular weight excluding hydrogens is 538 g/mol. The Bertz CT molecular complexity index is 1370. The molecule has 39 heavy (non-hydrogen) atoms. The average Bonchev–Trinajstić information content (AvgIpc) is 2.93. The lowest BCUT2D eigenvalue weighted by atomic mass is 10.0. The topological polar surface area (TPSA) is 96.0 Å². The molecule has 0 saturated heterocycles. The molecule has 0 saturated carbocycles. The lowest BCUT2D eigenvalue weighted by Gasteiger charge is -2.34. The van der Waals surface area contributed by atoms with Crippen LogP contribution in [0.25, 0.3) is 0 Å². The number of nitrogens with zero attached hydrogens (tertiary/aromatic N) is 2. The first-order valence-electron chi connectivity index (χ1n) is 12.6. The first kappa shape index (κ1) is 30.0. The Balaban J connectivity index is 2.07. The van der Waals surface area contributed by atoms with E-state index in [1.165, 1.54) is 12.0 Å². The molecule has 2 amide bonds. The summed E-state index contributed by atoms with van der Waals surface area (Å²) in [6.45, 7) is 1.86. The van der Waals surface area contributed by atoms with Crippen LogP contribution in [0.2, 0.25) is 5.02 Å². The summed E-state index contributed by atoms with van der Waals surface area (Å²) < 4.78 is 32.2. The molecular formula is C29H34ClN3O5S. The molecule has 0 heterocycles. The summed E-state index contributed by atoms with van der Waals surface area (Å²) in [7, 11) is -2.47. The lowest BCUT2D eigenvalue weighted by Crippen LogP contribution is -2.53. The number of para-hydroxylation sites is 2. The van der Waals surface area contributed by atoms with Crippen LogP contribution in [0, 0.1) is 0 Å². The molecule has 10 heteroatoms. The summed E-state index contributed by atoms with van der Waals surface area (Å²) in [5.41, 5.74) is 1.72. The van der Waals surface area contributed by atoms with Crippen LogP contribution in [0.5, 0.6) is 5.75 Å². The highest BCUT2D eigenvalue weighted by atomic mass is 35.5. The third-order valence-electron chi connectivity index (χ3n) is 6.15. The first-order valence-corrected chi connectivity index (χ1v) is 14.8. The average molecular weight is 572 g/mol. The van der Waals surface area contributed by atoms with Crippen LogP contribution < -0.4 is 14.4 Å². The third kappa shape index (κ3) is 8.21. The molecule has 8 nitrogen and oxygen atoms in total. The lowest BCUT2D eigenvalue weighted by molar-refractivity contribution is -0.140. The third-order valence-corrected chi connectivity index (χ3v) is 7.65. The summed E-state index contributed by atoms with van der Waals surface area (Å²) >= 11 is 6.45. The van der Waals surface area contributed by atoms with Crippen LogP contribution in [0.1, 0.15) is 24.5 Å². The quantitative estimate of drug-likeness (QED) is 0.330. The van der Waals surface area contributed by atoms with Crippen LogP contribution >= 0.6 is 11.6 Å². The molecule has 1 N–H and O–H groups in total. The van der Waals surface area contributed by atoms with E-state index in [4.69, 9.17) is 16.3 Å². The van der Waals surface area contributed by atoms with Crippen LogP contribution in [-0.4, -0.2) is 57.6 Å². The van der Waals surface area contributed by atoms with Gasteiger partial charge >= 0.3 is 0 Å². The Labute approximate surface area is 235 Å². The van der Waals surface area contributed by atoms with E-state index in [0.717, 1.165) is 22.5 Å². The minimum absolute atomic E-state index is 0.0130. The molecule has 208 valence electrons. The smallest absolute Gasteiger partial charge is 0.244 e. The molecule has 0 aromatic heterocycles. The van der Waals surface area contributed by atoms with Gasteiger partial charge in [-0.3, -0.25) is 13.9 Å². The van der Waals surface area contributed by atoms with E-state index in [1.807, 2.05) is 37.3 Å². The molecule has 3 aromatic carbocycles. The van der Waals surface area contributed by atoms with Crippen molar-refractivity contribution in [1.29, 1.82) is 0 Å². The highest BCUT2D eigenvalue weighted by molar-refractivity contribution is 7.92. The predicted octanol–water partition coefficient (Wildman–Crippen LogP) is 4.28. The number of methoxy groups -OCH3 is 1. The molecule has 0 unspecified atom stereocenters. The van der Waals surface area contributed by atoms with Gasteiger partial charge in [0.2, 0.25) is 21.8 Å². The van der Waals surface area contributed by atoms with E-state index < -0.39 is 28.5 Å². The molecule has 0 bridgehead atoms. The highest BCUT2D eigenvalue weighted by Crippen LogP contribution is 2.30. The van der Waals surface area contributed by atoms with Gasteiger partial charge in [0.25, 0.3) is 0 Å². The van der Waals surface area contributed by atoms with Crippen LogP contribution in [-0.2, 0) is 32.6 Å². The summed E-state index contributed by atoms with van der Waals surface area (Å²) in [5, 5.41) is 3.34. The van der Waals surface area contributed by atoms with Crippen molar-refractivity contribution in [2.75, 3.05) is 30.8 Å². The van der Waals surface area contributed by atoms with Gasteiger partial charge in [0.15, 0.2) is 0 Å². The van der Waals surface area contributed by atoms with E-state index in [2.05, 4.69) is 5.32 Å². The number of rotatable bonds is 13. The number of anilines is 1. The molecule has 0 spiro atoms. The fourth-order valence-electron chi connectivity index (χ4n) is 4.16. The van der Waals surface area contributed by atoms with E-state index in [0.29, 0.717) is 22.9 Å². The summed E-state index contributed by atoms with van der Waals surface area (Å²) in [6, 6.07) is 22.1. The highest BCUT2D eigenvalue weighted by Gasteiger charge is 2.33. The number of sulfonamides is 1. The number of carbonyl (C=O) groups excluding carboxylic acids is 2. The van der Waals surface area contributed by atoms with Crippen molar-refractivity contribution in [3.05, 3.63) is 95.0 Å². The Hall–Kier alpha value is -3.56. The number of hydrogen-bond donors (Lipinski definition) is 1. The summed E-state index contributed by atoms with van der Waals surface area (Å²) in [5.74, 6) is -0.585. The zero-order chi connectivity index (χ0) is 28.4. The first-order chi connectivity index (χ1) is 18.7. The van der Waals surface area contributed by atoms with E-state index in [1.54, 1.807) is 48.5 Å². The van der Waals surface area contributed by atoms with Gasteiger partial charge in [-0.05, 0) is 35.7 Å². The summed E-state index contributed by atoms with van der Waals surface area (Å²) in [6.07, 6.45) is 1.98. The molecule has 0 aliphatic rings. The second kappa shape index (κ2) is 14.0. The standard InChI is InChI=1S/C29H34ClN3O5S/c1-4-18-31-29(35)26(19-22-12-6-5-7-13-22)32(20-23-14-8-9-15-24(23)30)28(34)21-33(39(3,36)37)25-16-10-11-17-27(25)38-2/h5-17,26H,4,18-21H2,1-3H3,(H,31,35)/t26-/m0/s1. The molecule has 3 aromatic rings. The van der Waals surface area contributed by atoms with Gasteiger partial charge in [-0.15, -0.1) is 0 Å². The maximum atomic E-state index is 14.1. The van der Waals surface area contributed by atoms with Gasteiger partial charge in [0.1, 0.15) is 18.3 Å². The zero-order valence-electron chi connectivity index (χ0n) is 22.3. The Morgan fingerprint density at radius 1 is 0.974 bits per heavy atom. The van der Waals surface area contributed by atoms with Crippen molar-refractivity contribution in [3.63, 3.8) is 0 Å². The number of nitrogens with one attached hydrogen (secondary N) is 1. The molecule has 0 fully saturated rings. The van der Waals surface area contributed by atoms with Gasteiger partial charge in [-0.25, -0.2) is 8.42 Å². The van der Waals surface area contributed by atoms with Gasteiger partial charge in [-0.2, -0.15) is 0 Å². The van der Waals surface area contributed by atoms with Crippen molar-refractivity contribution >= 4 is 39.1 Å². The number of amides is 2. The molecule has 1 atom stereocenters. The maximum absolute atomic E-state index is 14.1. The van der Waals surface area contributed by atoms with Crippen molar-refractivity contribution in [2.24, 2.45) is 0 Å². The van der Waals surface area contributed by atoms with Crippen molar-refractivity contribution in [3.8, 4) is 5.75 Å². The second-order valence-corrected chi connectivity index (χ2v) is 11.4. The fourth-order valence-corrected chi connectivity index (χ4v) is 5.21. The number of hydrogen-bond acceptors (Lipinski definition) is 5. The maximum Gasteiger partial charge on any atom is 0.244 e. The van der Waals surface area contributed by atoms with Gasteiger partial charge in [-0.1, -0.05) is 79.2 Å². The number of benzene rings is 3. The van der Waals surface area contributed by atoms with Crippen molar-refractivity contribution in [2.45, 2.75) is 32.4 Å². The van der Waals surface area contributed by atoms with E-state index in [-0.39, 0.29) is 24.6 Å². The summed E-state index contributed by atoms with van der Waals surface area (Å²) in [4.78, 5) is 29.0. The van der Waals surface area contributed by atoms with Gasteiger partial charge in [0.05, 0.1) is 19.1 Å². The molecule has 0 radical (unpaired) electrons. The predicted molar refractivity (Wildman–Crippen MR) is 154 cm³/mol. The Morgan fingerprint density at radius 2 is 1.62 bits per heavy atom. The monoisotopic (exact) mass is 571 g/mol. The second-order valence-electron chi connectivity index (χ2n) is 9.05.